The predicted molar refractivity (Wildman–Crippen MR) is 56.4 cm³/mol. The van der Waals surface area contributed by atoms with E-state index < -0.39 is 0 Å². The maximum atomic E-state index is 3.39. The van der Waals surface area contributed by atoms with Crippen LogP contribution in [0.1, 0.15) is 52.9 Å². The van der Waals surface area contributed by atoms with E-state index in [0.717, 1.165) is 12.0 Å². The largest absolute Gasteiger partial charge is 0.317 e. The van der Waals surface area contributed by atoms with Crippen molar-refractivity contribution in [1.82, 2.24) is 5.32 Å². The Kier molecular flexibility index (Phi) is 7.58. The Labute approximate surface area is 77.9 Å². The van der Waals surface area contributed by atoms with Crippen LogP contribution < -0.4 is 5.32 Å². The highest BCUT2D eigenvalue weighted by Crippen LogP contribution is 2.28. The first-order valence-electron chi connectivity index (χ1n) is 5.55. The normalized spacial score (nSPS) is 20.0. The van der Waals surface area contributed by atoms with E-state index in [1.165, 1.54) is 32.1 Å². The van der Waals surface area contributed by atoms with Gasteiger partial charge in [-0.25, -0.2) is 0 Å². The van der Waals surface area contributed by atoms with Gasteiger partial charge in [-0.05, 0) is 32.2 Å². The smallest absolute Gasteiger partial charge is 0.00897 e. The summed E-state index contributed by atoms with van der Waals surface area (Å²) in [7, 11) is 2.09. The standard InChI is InChI=1S/C9H19N.C2H6/c1-3-9(10-2)8-6-4-5-7-8;1-2/h8-10H,3-7H2,1-2H3;1-2H3. The van der Waals surface area contributed by atoms with Crippen molar-refractivity contribution < 1.29 is 0 Å². The van der Waals surface area contributed by atoms with Gasteiger partial charge in [0.2, 0.25) is 0 Å². The molecule has 1 rings (SSSR count). The van der Waals surface area contributed by atoms with Crippen LogP contribution in [0.25, 0.3) is 0 Å². The summed E-state index contributed by atoms with van der Waals surface area (Å²) in [4.78, 5) is 0. The van der Waals surface area contributed by atoms with E-state index in [0.29, 0.717) is 0 Å². The quantitative estimate of drug-likeness (QED) is 0.687. The zero-order valence-electron chi connectivity index (χ0n) is 9.19. The molecule has 0 saturated heterocycles. The molecule has 1 aliphatic carbocycles. The zero-order chi connectivity index (χ0) is 9.40. The van der Waals surface area contributed by atoms with Crippen LogP contribution in [0.4, 0.5) is 0 Å². The molecule has 0 radical (unpaired) electrons. The number of hydrogen-bond acceptors (Lipinski definition) is 1. The molecule has 0 spiro atoms. The molecule has 0 bridgehead atoms. The molecule has 0 aromatic rings. The lowest BCUT2D eigenvalue weighted by Crippen LogP contribution is -2.31. The van der Waals surface area contributed by atoms with E-state index in [4.69, 9.17) is 0 Å². The summed E-state index contributed by atoms with van der Waals surface area (Å²) in [5.41, 5.74) is 0. The average molecular weight is 171 g/mol. The molecule has 12 heavy (non-hydrogen) atoms. The molecule has 1 nitrogen and oxygen atoms in total. The van der Waals surface area contributed by atoms with Crippen LogP contribution in [0.3, 0.4) is 0 Å². The predicted octanol–water partition coefficient (Wildman–Crippen LogP) is 3.20. The van der Waals surface area contributed by atoms with Gasteiger partial charge in [-0.1, -0.05) is 33.6 Å². The third kappa shape index (κ3) is 3.57. The lowest BCUT2D eigenvalue weighted by molar-refractivity contribution is 0.370. The number of nitrogens with one attached hydrogen (secondary N) is 1. The Morgan fingerprint density at radius 2 is 1.75 bits per heavy atom. The number of rotatable bonds is 3. The van der Waals surface area contributed by atoms with Crippen molar-refractivity contribution in [2.75, 3.05) is 7.05 Å². The van der Waals surface area contributed by atoms with Crippen molar-refractivity contribution in [3.05, 3.63) is 0 Å². The lowest BCUT2D eigenvalue weighted by atomic mass is 9.96. The first-order valence-corrected chi connectivity index (χ1v) is 5.55. The van der Waals surface area contributed by atoms with Crippen molar-refractivity contribution in [3.63, 3.8) is 0 Å². The molecule has 1 aliphatic rings. The van der Waals surface area contributed by atoms with Crippen LogP contribution in [0, 0.1) is 5.92 Å². The molecule has 0 aliphatic heterocycles. The SMILES string of the molecule is CC.CCC(NC)C1CCCC1. The van der Waals surface area contributed by atoms with Crippen molar-refractivity contribution in [2.24, 2.45) is 5.92 Å². The molecule has 0 heterocycles. The van der Waals surface area contributed by atoms with Crippen molar-refractivity contribution >= 4 is 0 Å². The first kappa shape index (κ1) is 12.0. The lowest BCUT2D eigenvalue weighted by Gasteiger charge is -2.20. The van der Waals surface area contributed by atoms with Gasteiger partial charge in [0.15, 0.2) is 0 Å². The average Bonchev–Trinajstić information content (AvgIpc) is 2.64. The third-order valence-electron chi connectivity index (χ3n) is 2.78. The molecule has 1 heteroatoms. The maximum absolute atomic E-state index is 3.39. The second kappa shape index (κ2) is 7.60. The van der Waals surface area contributed by atoms with E-state index in [-0.39, 0.29) is 0 Å². The van der Waals surface area contributed by atoms with E-state index in [1.54, 1.807) is 0 Å². The van der Waals surface area contributed by atoms with E-state index in [2.05, 4.69) is 19.3 Å². The topological polar surface area (TPSA) is 12.0 Å². The van der Waals surface area contributed by atoms with Gasteiger partial charge in [-0.15, -0.1) is 0 Å². The maximum Gasteiger partial charge on any atom is 0.00897 e. The second-order valence-electron chi connectivity index (χ2n) is 3.35. The van der Waals surface area contributed by atoms with Crippen LogP contribution in [-0.4, -0.2) is 13.1 Å². The highest BCUT2D eigenvalue weighted by Gasteiger charge is 2.21. The minimum absolute atomic E-state index is 0.794. The minimum atomic E-state index is 0.794. The minimum Gasteiger partial charge on any atom is -0.317 e. The van der Waals surface area contributed by atoms with Gasteiger partial charge < -0.3 is 5.32 Å². The summed E-state index contributed by atoms with van der Waals surface area (Å²) >= 11 is 0. The van der Waals surface area contributed by atoms with Crippen LogP contribution in [0.15, 0.2) is 0 Å². The summed E-state index contributed by atoms with van der Waals surface area (Å²) in [6, 6.07) is 0.794. The van der Waals surface area contributed by atoms with Crippen LogP contribution in [-0.2, 0) is 0 Å². The van der Waals surface area contributed by atoms with Gasteiger partial charge in [-0.2, -0.15) is 0 Å². The van der Waals surface area contributed by atoms with E-state index in [9.17, 15) is 0 Å². The molecule has 0 amide bonds. The Hall–Kier alpha value is -0.0400. The van der Waals surface area contributed by atoms with Crippen molar-refractivity contribution in [2.45, 2.75) is 58.9 Å². The molecule has 0 aromatic heterocycles. The van der Waals surface area contributed by atoms with Crippen LogP contribution in [0.2, 0.25) is 0 Å². The zero-order valence-corrected chi connectivity index (χ0v) is 9.19. The van der Waals surface area contributed by atoms with Gasteiger partial charge in [0.1, 0.15) is 0 Å². The fraction of sp³-hybridized carbons (Fsp3) is 1.00. The summed E-state index contributed by atoms with van der Waals surface area (Å²) in [5.74, 6) is 0.981. The van der Waals surface area contributed by atoms with Gasteiger partial charge in [0, 0.05) is 6.04 Å². The molecule has 1 atom stereocenters. The van der Waals surface area contributed by atoms with Crippen molar-refractivity contribution in [1.29, 1.82) is 0 Å². The first-order chi connectivity index (χ1) is 5.88. The second-order valence-corrected chi connectivity index (χ2v) is 3.35. The summed E-state index contributed by atoms with van der Waals surface area (Å²) < 4.78 is 0. The molecule has 0 aromatic carbocycles. The highest BCUT2D eigenvalue weighted by molar-refractivity contribution is 4.78. The Balaban J connectivity index is 0.000000561. The summed E-state index contributed by atoms with van der Waals surface area (Å²) in [6.07, 6.45) is 7.13. The fourth-order valence-corrected chi connectivity index (χ4v) is 2.13. The monoisotopic (exact) mass is 171 g/mol. The number of hydrogen-bond donors (Lipinski definition) is 1. The fourth-order valence-electron chi connectivity index (χ4n) is 2.13. The van der Waals surface area contributed by atoms with Gasteiger partial charge in [-0.3, -0.25) is 0 Å². The molecule has 1 saturated carbocycles. The third-order valence-corrected chi connectivity index (χ3v) is 2.78. The van der Waals surface area contributed by atoms with Gasteiger partial charge >= 0.3 is 0 Å². The molecule has 1 N–H and O–H groups in total. The molecular weight excluding hydrogens is 146 g/mol. The molecular formula is C11H25N. The molecule has 1 unspecified atom stereocenters. The van der Waals surface area contributed by atoms with Crippen molar-refractivity contribution in [3.8, 4) is 0 Å². The Morgan fingerprint density at radius 1 is 1.25 bits per heavy atom. The summed E-state index contributed by atoms with van der Waals surface area (Å²) in [5, 5.41) is 3.39. The van der Waals surface area contributed by atoms with Crippen LogP contribution >= 0.6 is 0 Å². The highest BCUT2D eigenvalue weighted by atomic mass is 14.9. The van der Waals surface area contributed by atoms with Gasteiger partial charge in [0.05, 0.1) is 0 Å². The molecule has 74 valence electrons. The Bertz CT molecular complexity index is 81.0. The summed E-state index contributed by atoms with van der Waals surface area (Å²) in [6.45, 7) is 6.28. The van der Waals surface area contributed by atoms with E-state index in [1.807, 2.05) is 13.8 Å². The Morgan fingerprint density at radius 3 is 2.08 bits per heavy atom. The van der Waals surface area contributed by atoms with E-state index >= 15 is 0 Å². The molecule has 1 fully saturated rings. The van der Waals surface area contributed by atoms with Crippen LogP contribution in [0.5, 0.6) is 0 Å². The van der Waals surface area contributed by atoms with Gasteiger partial charge in [0.25, 0.3) is 0 Å².